The molecular weight excluding hydrogens is 491 g/mol. The van der Waals surface area contributed by atoms with Crippen molar-refractivity contribution < 1.29 is 14.0 Å². The number of rotatable bonds is 8. The molecule has 0 saturated carbocycles. The molecule has 2 amide bonds. The Labute approximate surface area is 229 Å². The molecule has 0 bridgehead atoms. The van der Waals surface area contributed by atoms with Gasteiger partial charge >= 0.3 is 0 Å². The van der Waals surface area contributed by atoms with E-state index in [1.54, 1.807) is 27.8 Å². The summed E-state index contributed by atoms with van der Waals surface area (Å²) in [6.07, 6.45) is 0. The van der Waals surface area contributed by atoms with Gasteiger partial charge in [0.2, 0.25) is 5.91 Å². The van der Waals surface area contributed by atoms with Crippen LogP contribution in [-0.2, 0) is 10.2 Å². The molecule has 4 rings (SSSR count). The summed E-state index contributed by atoms with van der Waals surface area (Å²) < 4.78 is 15.2. The van der Waals surface area contributed by atoms with Crippen molar-refractivity contribution in [1.82, 2.24) is 14.7 Å². The van der Waals surface area contributed by atoms with Crippen molar-refractivity contribution in [3.63, 3.8) is 0 Å². The van der Waals surface area contributed by atoms with Crippen LogP contribution in [0.2, 0.25) is 0 Å². The van der Waals surface area contributed by atoms with Gasteiger partial charge in [-0.1, -0.05) is 77.1 Å². The summed E-state index contributed by atoms with van der Waals surface area (Å²) in [5.41, 5.74) is 3.79. The highest BCUT2D eigenvalue weighted by atomic mass is 19.1. The molecule has 3 aromatic carbocycles. The Kier molecular flexibility index (Phi) is 8.29. The third kappa shape index (κ3) is 6.99. The van der Waals surface area contributed by atoms with E-state index < -0.39 is 0 Å². The molecule has 0 fully saturated rings. The molecular formula is C32H35FN4O2. The van der Waals surface area contributed by atoms with E-state index in [0.29, 0.717) is 29.3 Å². The molecule has 1 aromatic heterocycles. The van der Waals surface area contributed by atoms with Gasteiger partial charge in [-0.05, 0) is 53.3 Å². The molecule has 0 aliphatic carbocycles. The Morgan fingerprint density at radius 3 is 2.18 bits per heavy atom. The van der Waals surface area contributed by atoms with Gasteiger partial charge in [-0.3, -0.25) is 9.59 Å². The summed E-state index contributed by atoms with van der Waals surface area (Å²) in [6, 6.07) is 24.8. The Hall–Kier alpha value is -4.26. The zero-order valence-corrected chi connectivity index (χ0v) is 23.1. The quantitative estimate of drug-likeness (QED) is 0.277. The molecule has 1 N–H and O–H groups in total. The van der Waals surface area contributed by atoms with Crippen LogP contribution >= 0.6 is 0 Å². The van der Waals surface area contributed by atoms with Crippen molar-refractivity contribution in [2.75, 3.05) is 18.4 Å². The summed E-state index contributed by atoms with van der Waals surface area (Å²) in [4.78, 5) is 28.3. The number of benzene rings is 3. The second-order valence-electron chi connectivity index (χ2n) is 11.1. The van der Waals surface area contributed by atoms with Crippen molar-refractivity contribution in [2.45, 2.75) is 40.0 Å². The zero-order valence-electron chi connectivity index (χ0n) is 23.1. The highest BCUT2D eigenvalue weighted by molar-refractivity contribution is 5.99. The fraction of sp³-hybridized carbons (Fsp3) is 0.281. The van der Waals surface area contributed by atoms with Crippen LogP contribution in [0.3, 0.4) is 0 Å². The Bertz CT molecular complexity index is 1420. The third-order valence-electron chi connectivity index (χ3n) is 6.32. The van der Waals surface area contributed by atoms with Crippen LogP contribution in [0.25, 0.3) is 16.9 Å². The van der Waals surface area contributed by atoms with E-state index in [9.17, 15) is 14.0 Å². The normalized spacial score (nSPS) is 11.5. The van der Waals surface area contributed by atoms with E-state index in [1.165, 1.54) is 12.1 Å². The number of carbonyl (C=O) groups excluding carboxylic acids is 2. The summed E-state index contributed by atoms with van der Waals surface area (Å²) in [7, 11) is 0. The number of aromatic nitrogens is 2. The SMILES string of the molecule is CC(C)CN(CC(=O)Nc1cc(-c2ccccc2)nn1-c1ccc(F)cc1)C(=O)c1ccc(C(C)(C)C)cc1. The van der Waals surface area contributed by atoms with Gasteiger partial charge in [0.15, 0.2) is 0 Å². The maximum Gasteiger partial charge on any atom is 0.254 e. The predicted octanol–water partition coefficient (Wildman–Crippen LogP) is 6.71. The van der Waals surface area contributed by atoms with Crippen LogP contribution in [-0.4, -0.2) is 39.6 Å². The lowest BCUT2D eigenvalue weighted by Gasteiger charge is -2.25. The number of hydrogen-bond acceptors (Lipinski definition) is 3. The van der Waals surface area contributed by atoms with Gasteiger partial charge in [-0.15, -0.1) is 0 Å². The number of hydrogen-bond donors (Lipinski definition) is 1. The van der Waals surface area contributed by atoms with Crippen molar-refractivity contribution >= 4 is 17.6 Å². The first-order valence-corrected chi connectivity index (χ1v) is 13.1. The van der Waals surface area contributed by atoms with Gasteiger partial charge in [0, 0.05) is 23.7 Å². The molecule has 0 spiro atoms. The average molecular weight is 527 g/mol. The van der Waals surface area contributed by atoms with Gasteiger partial charge in [0.05, 0.1) is 11.4 Å². The minimum absolute atomic E-state index is 0.0227. The molecule has 7 heteroatoms. The second-order valence-corrected chi connectivity index (χ2v) is 11.1. The van der Waals surface area contributed by atoms with Crippen LogP contribution in [0, 0.1) is 11.7 Å². The molecule has 202 valence electrons. The molecule has 0 atom stereocenters. The number of nitrogens with one attached hydrogen (secondary N) is 1. The van der Waals surface area contributed by atoms with Crippen LogP contribution in [0.1, 0.15) is 50.5 Å². The topological polar surface area (TPSA) is 67.2 Å². The summed E-state index contributed by atoms with van der Waals surface area (Å²) in [6.45, 7) is 10.7. The van der Waals surface area contributed by atoms with Crippen LogP contribution in [0.15, 0.2) is 84.9 Å². The lowest BCUT2D eigenvalue weighted by atomic mass is 9.86. The van der Waals surface area contributed by atoms with E-state index >= 15 is 0 Å². The number of amides is 2. The number of nitrogens with zero attached hydrogens (tertiary/aromatic N) is 3. The molecule has 6 nitrogen and oxygen atoms in total. The number of carbonyl (C=O) groups is 2. The summed E-state index contributed by atoms with van der Waals surface area (Å²) in [5, 5.41) is 7.60. The third-order valence-corrected chi connectivity index (χ3v) is 6.32. The molecule has 1 heterocycles. The van der Waals surface area contributed by atoms with Crippen molar-refractivity contribution in [3.8, 4) is 16.9 Å². The van der Waals surface area contributed by atoms with Gasteiger partial charge in [0.1, 0.15) is 18.2 Å². The minimum atomic E-state index is -0.363. The number of anilines is 1. The molecule has 0 unspecified atom stereocenters. The van der Waals surface area contributed by atoms with E-state index in [2.05, 4.69) is 31.2 Å². The van der Waals surface area contributed by atoms with E-state index in [-0.39, 0.29) is 35.5 Å². The van der Waals surface area contributed by atoms with Gasteiger partial charge < -0.3 is 10.2 Å². The Balaban J connectivity index is 1.59. The second kappa shape index (κ2) is 11.6. The van der Waals surface area contributed by atoms with Crippen molar-refractivity contribution in [2.24, 2.45) is 5.92 Å². The first kappa shape index (κ1) is 27.8. The van der Waals surface area contributed by atoms with Gasteiger partial charge in [0.25, 0.3) is 5.91 Å². The van der Waals surface area contributed by atoms with Gasteiger partial charge in [-0.2, -0.15) is 5.10 Å². The molecule has 0 radical (unpaired) electrons. The van der Waals surface area contributed by atoms with Crippen molar-refractivity contribution in [1.29, 1.82) is 0 Å². The van der Waals surface area contributed by atoms with Crippen LogP contribution in [0.4, 0.5) is 10.2 Å². The largest absolute Gasteiger partial charge is 0.329 e. The maximum atomic E-state index is 13.6. The van der Waals surface area contributed by atoms with Gasteiger partial charge in [-0.25, -0.2) is 9.07 Å². The highest BCUT2D eigenvalue weighted by Gasteiger charge is 2.22. The van der Waals surface area contributed by atoms with Crippen LogP contribution in [0.5, 0.6) is 0 Å². The fourth-order valence-corrected chi connectivity index (χ4v) is 4.31. The predicted molar refractivity (Wildman–Crippen MR) is 153 cm³/mol. The standard InChI is InChI=1S/C32H35FN4O2/c1-22(2)20-36(31(39)24-11-13-25(14-12-24)32(3,4)5)21-30(38)34-29-19-28(23-9-7-6-8-10-23)35-37(29)27-17-15-26(33)16-18-27/h6-19,22H,20-21H2,1-5H3,(H,34,38). The Morgan fingerprint density at radius 1 is 0.949 bits per heavy atom. The Morgan fingerprint density at radius 2 is 1.59 bits per heavy atom. The fourth-order valence-electron chi connectivity index (χ4n) is 4.31. The monoisotopic (exact) mass is 526 g/mol. The highest BCUT2D eigenvalue weighted by Crippen LogP contribution is 2.26. The maximum absolute atomic E-state index is 13.6. The number of halogens is 1. The lowest BCUT2D eigenvalue weighted by molar-refractivity contribution is -0.117. The first-order chi connectivity index (χ1) is 18.5. The molecule has 0 aliphatic heterocycles. The van der Waals surface area contributed by atoms with E-state index in [4.69, 9.17) is 0 Å². The molecule has 0 aliphatic rings. The van der Waals surface area contributed by atoms with Crippen molar-refractivity contribution in [3.05, 3.63) is 102 Å². The molecule has 39 heavy (non-hydrogen) atoms. The first-order valence-electron chi connectivity index (χ1n) is 13.1. The smallest absolute Gasteiger partial charge is 0.254 e. The lowest BCUT2D eigenvalue weighted by Crippen LogP contribution is -2.40. The average Bonchev–Trinajstić information content (AvgIpc) is 3.31. The molecule has 0 saturated heterocycles. The minimum Gasteiger partial charge on any atom is -0.329 e. The van der Waals surface area contributed by atoms with Crippen LogP contribution < -0.4 is 5.32 Å². The zero-order chi connectivity index (χ0) is 28.2. The molecule has 4 aromatic rings. The van der Waals surface area contributed by atoms with E-state index in [1.807, 2.05) is 68.4 Å². The van der Waals surface area contributed by atoms with E-state index in [0.717, 1.165) is 11.1 Å². The summed E-state index contributed by atoms with van der Waals surface area (Å²) >= 11 is 0. The summed E-state index contributed by atoms with van der Waals surface area (Å²) in [5.74, 6) is -0.311.